The van der Waals surface area contributed by atoms with E-state index in [1.807, 2.05) is 0 Å². The molecule has 2 aliphatic rings. The first-order valence-electron chi connectivity index (χ1n) is 7.06. The van der Waals surface area contributed by atoms with E-state index in [-0.39, 0.29) is 36.2 Å². The van der Waals surface area contributed by atoms with Gasteiger partial charge in [0.05, 0.1) is 11.1 Å². The van der Waals surface area contributed by atoms with Crippen LogP contribution in [0.2, 0.25) is 0 Å². The molecule has 0 radical (unpaired) electrons. The Morgan fingerprint density at radius 3 is 2.68 bits per heavy atom. The predicted molar refractivity (Wildman–Crippen MR) is 83.5 cm³/mol. The molecule has 7 heteroatoms. The van der Waals surface area contributed by atoms with E-state index in [1.54, 1.807) is 12.1 Å². The van der Waals surface area contributed by atoms with Gasteiger partial charge in [-0.2, -0.15) is 0 Å². The molecule has 118 valence electrons. The van der Waals surface area contributed by atoms with E-state index in [4.69, 9.17) is 0 Å². The van der Waals surface area contributed by atoms with Crippen molar-refractivity contribution in [3.05, 3.63) is 34.9 Å². The van der Waals surface area contributed by atoms with Gasteiger partial charge in [-0.15, -0.1) is 12.4 Å². The summed E-state index contributed by atoms with van der Waals surface area (Å²) >= 11 is 0. The zero-order chi connectivity index (χ0) is 15.0. The third-order valence-electron chi connectivity index (χ3n) is 3.98. The number of imide groups is 1. The smallest absolute Gasteiger partial charge is 0.261 e. The number of rotatable bonds is 2. The second-order valence-corrected chi connectivity index (χ2v) is 5.45. The van der Waals surface area contributed by atoms with Gasteiger partial charge in [-0.25, -0.2) is 0 Å². The molecule has 1 saturated heterocycles. The zero-order valence-corrected chi connectivity index (χ0v) is 13.0. The van der Waals surface area contributed by atoms with Crippen LogP contribution in [0.5, 0.6) is 0 Å². The summed E-state index contributed by atoms with van der Waals surface area (Å²) in [5, 5.41) is 6.18. The number of carbonyl (C=O) groups is 3. The van der Waals surface area contributed by atoms with Gasteiger partial charge in [0.15, 0.2) is 0 Å². The van der Waals surface area contributed by atoms with Gasteiger partial charge in [-0.1, -0.05) is 0 Å². The number of benzene rings is 1. The van der Waals surface area contributed by atoms with E-state index < -0.39 is 0 Å². The van der Waals surface area contributed by atoms with Crippen molar-refractivity contribution in [2.75, 3.05) is 20.1 Å². The summed E-state index contributed by atoms with van der Waals surface area (Å²) in [6.45, 7) is 1.74. The number of amides is 3. The lowest BCUT2D eigenvalue weighted by atomic mass is 10.0. The van der Waals surface area contributed by atoms with Crippen molar-refractivity contribution < 1.29 is 14.4 Å². The maximum atomic E-state index is 12.2. The summed E-state index contributed by atoms with van der Waals surface area (Å²) in [5.74, 6) is -0.885. The van der Waals surface area contributed by atoms with Crippen LogP contribution in [0.15, 0.2) is 18.2 Å². The summed E-state index contributed by atoms with van der Waals surface area (Å²) in [7, 11) is 1.44. The van der Waals surface area contributed by atoms with Gasteiger partial charge in [0.2, 0.25) is 0 Å². The number of carbonyl (C=O) groups excluding carboxylic acids is 3. The van der Waals surface area contributed by atoms with Crippen LogP contribution in [0.3, 0.4) is 0 Å². The normalized spacial score (nSPS) is 20.4. The molecule has 1 aromatic rings. The van der Waals surface area contributed by atoms with Crippen molar-refractivity contribution in [1.82, 2.24) is 15.5 Å². The van der Waals surface area contributed by atoms with Crippen LogP contribution >= 0.6 is 12.4 Å². The molecular formula is C15H18ClN3O3. The highest BCUT2D eigenvalue weighted by Gasteiger charge is 2.33. The standard InChI is InChI=1S/C15H17N3O3.ClH/c1-18-14(20)11-5-4-9(7-12(11)15(18)21)13(19)17-10-3-2-6-16-8-10;/h4-5,7,10,16H,2-3,6,8H2,1H3,(H,17,19);1H. The predicted octanol–water partition coefficient (Wildman–Crippen LogP) is 0.816. The highest BCUT2D eigenvalue weighted by Crippen LogP contribution is 2.22. The van der Waals surface area contributed by atoms with Crippen LogP contribution in [0.1, 0.15) is 43.9 Å². The van der Waals surface area contributed by atoms with Crippen molar-refractivity contribution in [3.8, 4) is 0 Å². The Labute approximate surface area is 134 Å². The molecule has 0 aromatic heterocycles. The van der Waals surface area contributed by atoms with Gasteiger partial charge in [0.1, 0.15) is 0 Å². The SMILES string of the molecule is CN1C(=O)c2ccc(C(=O)NC3CCCNC3)cc2C1=O.Cl. The minimum absolute atomic E-state index is 0. The molecule has 2 aliphatic heterocycles. The molecule has 0 spiro atoms. The molecule has 2 heterocycles. The average molecular weight is 324 g/mol. The molecule has 6 nitrogen and oxygen atoms in total. The number of piperidine rings is 1. The third-order valence-corrected chi connectivity index (χ3v) is 3.98. The highest BCUT2D eigenvalue weighted by molar-refractivity contribution is 6.21. The van der Waals surface area contributed by atoms with Gasteiger partial charge >= 0.3 is 0 Å². The van der Waals surface area contributed by atoms with Gasteiger partial charge in [0, 0.05) is 25.2 Å². The van der Waals surface area contributed by atoms with Gasteiger partial charge in [0.25, 0.3) is 17.7 Å². The number of fused-ring (bicyclic) bond motifs is 1. The average Bonchev–Trinajstić information content (AvgIpc) is 2.73. The molecule has 1 aromatic carbocycles. The Hall–Kier alpha value is -1.92. The minimum atomic E-state index is -0.357. The molecule has 1 fully saturated rings. The Bertz CT molecular complexity index is 626. The molecule has 1 unspecified atom stereocenters. The highest BCUT2D eigenvalue weighted by atomic mass is 35.5. The molecule has 0 aliphatic carbocycles. The number of hydrogen-bond donors (Lipinski definition) is 2. The van der Waals surface area contributed by atoms with E-state index in [1.165, 1.54) is 13.1 Å². The monoisotopic (exact) mass is 323 g/mol. The largest absolute Gasteiger partial charge is 0.348 e. The van der Waals surface area contributed by atoms with Crippen LogP contribution in [0.4, 0.5) is 0 Å². The lowest BCUT2D eigenvalue weighted by Crippen LogP contribution is -2.45. The number of nitrogens with one attached hydrogen (secondary N) is 2. The summed E-state index contributed by atoms with van der Waals surface area (Å²) in [6.07, 6.45) is 1.98. The van der Waals surface area contributed by atoms with Gasteiger partial charge < -0.3 is 10.6 Å². The summed E-state index contributed by atoms with van der Waals surface area (Å²) < 4.78 is 0. The number of hydrogen-bond acceptors (Lipinski definition) is 4. The first-order valence-corrected chi connectivity index (χ1v) is 7.06. The summed E-state index contributed by atoms with van der Waals surface area (Å²) in [4.78, 5) is 37.0. The fourth-order valence-electron chi connectivity index (χ4n) is 2.75. The van der Waals surface area contributed by atoms with E-state index in [0.29, 0.717) is 16.7 Å². The molecule has 22 heavy (non-hydrogen) atoms. The van der Waals surface area contributed by atoms with Crippen LogP contribution in [0.25, 0.3) is 0 Å². The topological polar surface area (TPSA) is 78.5 Å². The van der Waals surface area contributed by atoms with E-state index in [2.05, 4.69) is 10.6 Å². The van der Waals surface area contributed by atoms with Crippen molar-refractivity contribution >= 4 is 30.1 Å². The fraction of sp³-hybridized carbons (Fsp3) is 0.400. The molecule has 0 saturated carbocycles. The molecule has 0 bridgehead atoms. The number of nitrogens with zero attached hydrogens (tertiary/aromatic N) is 1. The maximum absolute atomic E-state index is 12.2. The summed E-state index contributed by atoms with van der Waals surface area (Å²) in [5.41, 5.74) is 1.08. The molecule has 3 rings (SSSR count). The number of halogens is 1. The lowest BCUT2D eigenvalue weighted by molar-refractivity contribution is 0.0693. The second-order valence-electron chi connectivity index (χ2n) is 5.45. The second kappa shape index (κ2) is 6.46. The molecular weight excluding hydrogens is 306 g/mol. The molecule has 2 N–H and O–H groups in total. The Kier molecular flexibility index (Phi) is 4.83. The van der Waals surface area contributed by atoms with Gasteiger partial charge in [-0.3, -0.25) is 19.3 Å². The lowest BCUT2D eigenvalue weighted by Gasteiger charge is -2.23. The van der Waals surface area contributed by atoms with Gasteiger partial charge in [-0.05, 0) is 37.6 Å². The maximum Gasteiger partial charge on any atom is 0.261 e. The summed E-state index contributed by atoms with van der Waals surface area (Å²) in [6, 6.07) is 4.76. The first-order chi connectivity index (χ1) is 10.1. The van der Waals surface area contributed by atoms with E-state index in [9.17, 15) is 14.4 Å². The first kappa shape index (κ1) is 16.5. The molecule has 3 amide bonds. The van der Waals surface area contributed by atoms with E-state index >= 15 is 0 Å². The quantitative estimate of drug-likeness (QED) is 0.790. The Balaban J connectivity index is 0.00000176. The van der Waals surface area contributed by atoms with Crippen LogP contribution in [-0.2, 0) is 0 Å². The van der Waals surface area contributed by atoms with Crippen molar-refractivity contribution in [2.24, 2.45) is 0 Å². The zero-order valence-electron chi connectivity index (χ0n) is 12.2. The van der Waals surface area contributed by atoms with Crippen molar-refractivity contribution in [1.29, 1.82) is 0 Å². The van der Waals surface area contributed by atoms with Crippen LogP contribution in [-0.4, -0.2) is 48.8 Å². The van der Waals surface area contributed by atoms with Crippen LogP contribution < -0.4 is 10.6 Å². The third kappa shape index (κ3) is 2.84. The van der Waals surface area contributed by atoms with Crippen molar-refractivity contribution in [3.63, 3.8) is 0 Å². The minimum Gasteiger partial charge on any atom is -0.348 e. The van der Waals surface area contributed by atoms with Crippen LogP contribution in [0, 0.1) is 0 Å². The van der Waals surface area contributed by atoms with E-state index in [0.717, 1.165) is 30.8 Å². The fourth-order valence-corrected chi connectivity index (χ4v) is 2.75. The van der Waals surface area contributed by atoms with Crippen molar-refractivity contribution in [2.45, 2.75) is 18.9 Å². The molecule has 1 atom stereocenters. The Morgan fingerprint density at radius 2 is 2.00 bits per heavy atom. The Morgan fingerprint density at radius 1 is 1.27 bits per heavy atom.